The van der Waals surface area contributed by atoms with E-state index >= 15 is 0 Å². The molecule has 4 aromatic rings. The zero-order valence-electron chi connectivity index (χ0n) is 19.3. The SMILES string of the molecule is Cc1ccc(Oc2nc3c(C)cccn3c(=O)c2/C=C(/C#N)C(=O)Nc2cccc(Cl)c2)c(C)c1. The smallest absolute Gasteiger partial charge is 0.269 e. The third-order valence-corrected chi connectivity index (χ3v) is 5.56. The largest absolute Gasteiger partial charge is 0.438 e. The summed E-state index contributed by atoms with van der Waals surface area (Å²) in [4.78, 5) is 30.9. The van der Waals surface area contributed by atoms with Crippen LogP contribution < -0.4 is 15.6 Å². The summed E-state index contributed by atoms with van der Waals surface area (Å²) in [6.45, 7) is 5.68. The highest BCUT2D eigenvalue weighted by Gasteiger charge is 2.19. The Morgan fingerprint density at radius 3 is 2.63 bits per heavy atom. The van der Waals surface area contributed by atoms with Gasteiger partial charge in [-0.2, -0.15) is 10.2 Å². The second-order valence-corrected chi connectivity index (χ2v) is 8.46. The first-order valence-electron chi connectivity index (χ1n) is 10.7. The van der Waals surface area contributed by atoms with Crippen molar-refractivity contribution in [3.05, 3.63) is 104 Å². The van der Waals surface area contributed by atoms with Crippen molar-refractivity contribution in [2.45, 2.75) is 20.8 Å². The predicted molar refractivity (Wildman–Crippen MR) is 136 cm³/mol. The molecule has 35 heavy (non-hydrogen) atoms. The van der Waals surface area contributed by atoms with Crippen molar-refractivity contribution in [3.63, 3.8) is 0 Å². The van der Waals surface area contributed by atoms with Gasteiger partial charge in [0.25, 0.3) is 11.5 Å². The van der Waals surface area contributed by atoms with Crippen LogP contribution in [-0.4, -0.2) is 15.3 Å². The van der Waals surface area contributed by atoms with Crippen molar-refractivity contribution in [3.8, 4) is 17.7 Å². The summed E-state index contributed by atoms with van der Waals surface area (Å²) in [6, 6.07) is 17.6. The summed E-state index contributed by atoms with van der Waals surface area (Å²) in [5.74, 6) is -0.183. The molecule has 2 aromatic carbocycles. The number of rotatable bonds is 5. The number of anilines is 1. The number of ether oxygens (including phenoxy) is 1. The third kappa shape index (κ3) is 5.08. The molecular formula is C27H21ClN4O3. The van der Waals surface area contributed by atoms with Crippen LogP contribution in [0.1, 0.15) is 22.3 Å². The fourth-order valence-electron chi connectivity index (χ4n) is 3.57. The summed E-state index contributed by atoms with van der Waals surface area (Å²) >= 11 is 5.98. The van der Waals surface area contributed by atoms with Gasteiger partial charge in [0.2, 0.25) is 5.88 Å². The number of aryl methyl sites for hydroxylation is 3. The Morgan fingerprint density at radius 1 is 1.11 bits per heavy atom. The van der Waals surface area contributed by atoms with Crippen molar-refractivity contribution in [1.29, 1.82) is 5.26 Å². The van der Waals surface area contributed by atoms with Gasteiger partial charge in [-0.3, -0.25) is 14.0 Å². The van der Waals surface area contributed by atoms with E-state index in [1.807, 2.05) is 45.0 Å². The molecule has 0 unspecified atom stereocenters. The molecule has 1 N–H and O–H groups in total. The van der Waals surface area contributed by atoms with Crippen molar-refractivity contribution >= 4 is 34.9 Å². The lowest BCUT2D eigenvalue weighted by Gasteiger charge is -2.13. The van der Waals surface area contributed by atoms with E-state index in [0.29, 0.717) is 22.1 Å². The van der Waals surface area contributed by atoms with E-state index in [4.69, 9.17) is 16.3 Å². The number of halogens is 1. The van der Waals surface area contributed by atoms with E-state index in [9.17, 15) is 14.9 Å². The van der Waals surface area contributed by atoms with Crippen molar-refractivity contribution in [1.82, 2.24) is 9.38 Å². The molecule has 8 heteroatoms. The van der Waals surface area contributed by atoms with Gasteiger partial charge in [0.05, 0.1) is 0 Å². The zero-order valence-corrected chi connectivity index (χ0v) is 20.1. The van der Waals surface area contributed by atoms with Crippen LogP contribution in [0.2, 0.25) is 5.02 Å². The maximum Gasteiger partial charge on any atom is 0.269 e. The normalized spacial score (nSPS) is 11.2. The van der Waals surface area contributed by atoms with Crippen molar-refractivity contribution in [2.24, 2.45) is 0 Å². The Morgan fingerprint density at radius 2 is 1.91 bits per heavy atom. The zero-order chi connectivity index (χ0) is 25.1. The minimum absolute atomic E-state index is 0.000409. The lowest BCUT2D eigenvalue weighted by molar-refractivity contribution is -0.112. The molecule has 0 radical (unpaired) electrons. The lowest BCUT2D eigenvalue weighted by atomic mass is 10.1. The molecule has 0 fully saturated rings. The van der Waals surface area contributed by atoms with Gasteiger partial charge in [-0.15, -0.1) is 0 Å². The average Bonchev–Trinajstić information content (AvgIpc) is 2.81. The number of hydrogen-bond donors (Lipinski definition) is 1. The Kier molecular flexibility index (Phi) is 6.67. The number of benzene rings is 2. The van der Waals surface area contributed by atoms with Crippen LogP contribution in [0.5, 0.6) is 11.6 Å². The van der Waals surface area contributed by atoms with Gasteiger partial charge < -0.3 is 10.1 Å². The second kappa shape index (κ2) is 9.84. The van der Waals surface area contributed by atoms with Crippen LogP contribution in [-0.2, 0) is 4.79 Å². The first kappa shape index (κ1) is 23.7. The molecule has 7 nitrogen and oxygen atoms in total. The van der Waals surface area contributed by atoms with E-state index in [1.165, 1.54) is 10.5 Å². The maximum atomic E-state index is 13.4. The van der Waals surface area contributed by atoms with Gasteiger partial charge in [0, 0.05) is 16.9 Å². The minimum atomic E-state index is -0.694. The van der Waals surface area contributed by atoms with Crippen LogP contribution in [0.25, 0.3) is 11.7 Å². The molecular weight excluding hydrogens is 464 g/mol. The molecule has 1 amide bonds. The molecule has 2 heterocycles. The topological polar surface area (TPSA) is 96.5 Å². The average molecular weight is 485 g/mol. The second-order valence-electron chi connectivity index (χ2n) is 8.03. The van der Waals surface area contributed by atoms with E-state index in [1.54, 1.807) is 42.6 Å². The van der Waals surface area contributed by atoms with Crippen LogP contribution in [0.4, 0.5) is 5.69 Å². The first-order chi connectivity index (χ1) is 16.8. The molecule has 0 spiro atoms. The monoisotopic (exact) mass is 484 g/mol. The van der Waals surface area contributed by atoms with Gasteiger partial charge in [-0.1, -0.05) is 41.4 Å². The molecule has 4 rings (SSSR count). The van der Waals surface area contributed by atoms with Crippen LogP contribution >= 0.6 is 11.6 Å². The van der Waals surface area contributed by atoms with Gasteiger partial charge >= 0.3 is 0 Å². The standard InChI is InChI=1S/C27H21ClN4O3/c1-16-9-10-23(18(3)12-16)35-26-22(27(34)32-11-5-6-17(2)24(32)31-26)13-19(15-29)25(33)30-21-8-4-7-20(28)14-21/h4-14H,1-3H3,(H,30,33)/b19-13-. The predicted octanol–water partition coefficient (Wildman–Crippen LogP) is 5.61. The molecule has 2 aromatic heterocycles. The number of fused-ring (bicyclic) bond motifs is 1. The van der Waals surface area contributed by atoms with Gasteiger partial charge in [0.15, 0.2) is 0 Å². The van der Waals surface area contributed by atoms with E-state index < -0.39 is 11.5 Å². The fourth-order valence-corrected chi connectivity index (χ4v) is 3.76. The Bertz CT molecular complexity index is 1600. The van der Waals surface area contributed by atoms with E-state index in [2.05, 4.69) is 10.3 Å². The minimum Gasteiger partial charge on any atom is -0.438 e. The van der Waals surface area contributed by atoms with Crippen molar-refractivity contribution in [2.75, 3.05) is 5.32 Å². The van der Waals surface area contributed by atoms with Crippen LogP contribution in [0.3, 0.4) is 0 Å². The highest BCUT2D eigenvalue weighted by molar-refractivity contribution is 6.31. The van der Waals surface area contributed by atoms with E-state index in [0.717, 1.165) is 16.7 Å². The summed E-state index contributed by atoms with van der Waals surface area (Å²) in [5, 5.41) is 12.8. The number of carbonyl (C=O) groups is 1. The molecule has 0 saturated heterocycles. The molecule has 174 valence electrons. The molecule has 0 bridgehead atoms. The Balaban J connectivity index is 1.85. The number of nitriles is 1. The number of aromatic nitrogens is 2. The molecule has 0 saturated carbocycles. The highest BCUT2D eigenvalue weighted by atomic mass is 35.5. The van der Waals surface area contributed by atoms with E-state index in [-0.39, 0.29) is 17.0 Å². The summed E-state index contributed by atoms with van der Waals surface area (Å²) in [5.41, 5.74) is 2.72. The lowest BCUT2D eigenvalue weighted by Crippen LogP contribution is -2.20. The number of hydrogen-bond acceptors (Lipinski definition) is 5. The molecule has 0 atom stereocenters. The van der Waals surface area contributed by atoms with Crippen LogP contribution in [0.15, 0.2) is 71.2 Å². The quantitative estimate of drug-likeness (QED) is 0.293. The highest BCUT2D eigenvalue weighted by Crippen LogP contribution is 2.28. The van der Waals surface area contributed by atoms with Gasteiger partial charge in [-0.05, 0) is 68.3 Å². The maximum absolute atomic E-state index is 13.4. The number of nitrogens with one attached hydrogen (secondary N) is 1. The third-order valence-electron chi connectivity index (χ3n) is 5.32. The number of amides is 1. The molecule has 0 aliphatic rings. The number of carbonyl (C=O) groups excluding carboxylic acids is 1. The fraction of sp³-hybridized carbons (Fsp3) is 0.111. The van der Waals surface area contributed by atoms with Gasteiger partial charge in [0.1, 0.15) is 28.6 Å². The first-order valence-corrected chi connectivity index (χ1v) is 11.1. The number of pyridine rings is 1. The Hall–Kier alpha value is -4.41. The summed E-state index contributed by atoms with van der Waals surface area (Å²) in [7, 11) is 0. The van der Waals surface area contributed by atoms with Crippen LogP contribution in [0, 0.1) is 32.1 Å². The number of nitrogens with zero attached hydrogens (tertiary/aromatic N) is 3. The van der Waals surface area contributed by atoms with Crippen molar-refractivity contribution < 1.29 is 9.53 Å². The Labute approximate surface area is 206 Å². The summed E-state index contributed by atoms with van der Waals surface area (Å²) in [6.07, 6.45) is 2.77. The molecule has 0 aliphatic heterocycles. The van der Waals surface area contributed by atoms with Gasteiger partial charge in [-0.25, -0.2) is 0 Å². The molecule has 0 aliphatic carbocycles. The summed E-state index contributed by atoms with van der Waals surface area (Å²) < 4.78 is 7.43.